The van der Waals surface area contributed by atoms with E-state index in [1.807, 2.05) is 37.6 Å². The summed E-state index contributed by atoms with van der Waals surface area (Å²) < 4.78 is 45.3. The van der Waals surface area contributed by atoms with Gasteiger partial charge in [0, 0.05) is 35.4 Å². The first kappa shape index (κ1) is 28.5. The summed E-state index contributed by atoms with van der Waals surface area (Å²) in [6, 6.07) is 9.35. The molecule has 5 aromatic rings. The highest BCUT2D eigenvalue weighted by atomic mass is 32.2. The predicted octanol–water partition coefficient (Wildman–Crippen LogP) is 6.01. The third kappa shape index (κ3) is 4.54. The maximum absolute atomic E-state index is 14.6. The molecule has 3 aliphatic rings. The molecule has 1 aromatic carbocycles. The standard InChI is InChI=1S/C32H33FN6O4S/c1-17(2)38-13-12-23-28(35-27-20-8-6-19(7-9-20)26(27)32(40)41)36-29(37-31(23)38)25-16-39(30-24(25)14-21(33)15-34-30)44(42,43)22-10-4-18(3)5-11-22/h4-5,10-17,19-20,26-27H,6-9H2,1-3H3,(H,40,41)(H,35,36,37). The zero-order valence-corrected chi connectivity index (χ0v) is 25.4. The van der Waals surface area contributed by atoms with Gasteiger partial charge < -0.3 is 15.0 Å². The predicted molar refractivity (Wildman–Crippen MR) is 164 cm³/mol. The van der Waals surface area contributed by atoms with E-state index in [0.29, 0.717) is 17.0 Å². The number of nitrogens with zero attached hydrogens (tertiary/aromatic N) is 5. The van der Waals surface area contributed by atoms with E-state index < -0.39 is 27.7 Å². The smallest absolute Gasteiger partial charge is 0.308 e. The van der Waals surface area contributed by atoms with Crippen molar-refractivity contribution in [2.45, 2.75) is 63.4 Å². The van der Waals surface area contributed by atoms with Gasteiger partial charge in [0.25, 0.3) is 10.0 Å². The van der Waals surface area contributed by atoms with E-state index in [1.54, 1.807) is 12.1 Å². The van der Waals surface area contributed by atoms with Gasteiger partial charge in [-0.15, -0.1) is 0 Å². The highest BCUT2D eigenvalue weighted by molar-refractivity contribution is 7.90. The summed E-state index contributed by atoms with van der Waals surface area (Å²) in [5.74, 6) is -1.02. The maximum Gasteiger partial charge on any atom is 0.308 e. The van der Waals surface area contributed by atoms with Crippen molar-refractivity contribution >= 4 is 43.9 Å². The van der Waals surface area contributed by atoms with Crippen LogP contribution in [0.4, 0.5) is 10.2 Å². The molecule has 0 aliphatic heterocycles. The fourth-order valence-electron chi connectivity index (χ4n) is 7.09. The molecule has 12 heteroatoms. The Hall–Kier alpha value is -4.32. The Morgan fingerprint density at radius 1 is 1.02 bits per heavy atom. The van der Waals surface area contributed by atoms with Crippen molar-refractivity contribution in [2.24, 2.45) is 17.8 Å². The van der Waals surface area contributed by atoms with E-state index in [4.69, 9.17) is 9.97 Å². The van der Waals surface area contributed by atoms with Crippen molar-refractivity contribution in [2.75, 3.05) is 5.32 Å². The number of benzene rings is 1. The van der Waals surface area contributed by atoms with Crippen LogP contribution in [0.2, 0.25) is 0 Å². The number of pyridine rings is 1. The molecule has 3 fully saturated rings. The largest absolute Gasteiger partial charge is 0.481 e. The van der Waals surface area contributed by atoms with Gasteiger partial charge in [0.15, 0.2) is 11.5 Å². The Kier molecular flexibility index (Phi) is 6.72. The van der Waals surface area contributed by atoms with Crippen LogP contribution in [-0.2, 0) is 14.8 Å². The van der Waals surface area contributed by atoms with Gasteiger partial charge in [0.05, 0.1) is 22.4 Å². The van der Waals surface area contributed by atoms with Crippen LogP contribution in [0.25, 0.3) is 33.5 Å². The van der Waals surface area contributed by atoms with Gasteiger partial charge in [0.1, 0.15) is 17.3 Å². The number of carboxylic acid groups (broad SMARTS) is 1. The molecule has 4 heterocycles. The van der Waals surface area contributed by atoms with Crippen LogP contribution in [0.3, 0.4) is 0 Å². The number of hydrogen-bond acceptors (Lipinski definition) is 7. The fraction of sp³-hybridized carbons (Fsp3) is 0.375. The lowest BCUT2D eigenvalue weighted by molar-refractivity contribution is -0.148. The van der Waals surface area contributed by atoms with E-state index in [9.17, 15) is 22.7 Å². The van der Waals surface area contributed by atoms with Crippen molar-refractivity contribution in [1.82, 2.24) is 23.5 Å². The number of aromatic nitrogens is 5. The molecule has 2 unspecified atom stereocenters. The van der Waals surface area contributed by atoms with Gasteiger partial charge in [-0.05, 0) is 82.6 Å². The van der Waals surface area contributed by atoms with Crippen molar-refractivity contribution in [3.05, 3.63) is 66.4 Å². The molecular formula is C32H33FN6O4S. The van der Waals surface area contributed by atoms with Gasteiger partial charge >= 0.3 is 5.97 Å². The highest BCUT2D eigenvalue weighted by Crippen LogP contribution is 2.47. The molecule has 2 bridgehead atoms. The number of aryl methyl sites for hydroxylation is 1. The average molecular weight is 617 g/mol. The summed E-state index contributed by atoms with van der Waals surface area (Å²) in [7, 11) is -4.10. The van der Waals surface area contributed by atoms with E-state index in [-0.39, 0.29) is 45.7 Å². The molecular weight excluding hydrogens is 583 g/mol. The normalized spacial score (nSPS) is 21.8. The molecule has 44 heavy (non-hydrogen) atoms. The van der Waals surface area contributed by atoms with Crippen LogP contribution in [0.5, 0.6) is 0 Å². The number of halogens is 1. The molecule has 3 aliphatic carbocycles. The molecule has 2 atom stereocenters. The van der Waals surface area contributed by atoms with Crippen LogP contribution < -0.4 is 5.32 Å². The Bertz CT molecular complexity index is 2030. The second-order valence-corrected chi connectivity index (χ2v) is 14.2. The lowest BCUT2D eigenvalue weighted by atomic mass is 9.61. The van der Waals surface area contributed by atoms with E-state index in [1.165, 1.54) is 24.4 Å². The lowest BCUT2D eigenvalue weighted by Crippen LogP contribution is -2.51. The summed E-state index contributed by atoms with van der Waals surface area (Å²) in [5, 5.41) is 14.7. The van der Waals surface area contributed by atoms with Gasteiger partial charge in [-0.2, -0.15) is 0 Å². The Labute approximate surface area is 254 Å². The van der Waals surface area contributed by atoms with Crippen LogP contribution in [0.1, 0.15) is 51.1 Å². The minimum atomic E-state index is -4.10. The van der Waals surface area contributed by atoms with Crippen molar-refractivity contribution in [3.8, 4) is 11.4 Å². The quantitative estimate of drug-likeness (QED) is 0.227. The summed E-state index contributed by atoms with van der Waals surface area (Å²) in [6.07, 6.45) is 8.00. The third-order valence-electron chi connectivity index (χ3n) is 9.33. The number of hydrogen-bond donors (Lipinski definition) is 2. The zero-order valence-electron chi connectivity index (χ0n) is 24.6. The molecule has 0 spiro atoms. The van der Waals surface area contributed by atoms with Crippen molar-refractivity contribution in [1.29, 1.82) is 0 Å². The van der Waals surface area contributed by atoms with E-state index in [2.05, 4.69) is 10.3 Å². The molecule has 10 nitrogen and oxygen atoms in total. The number of anilines is 1. The molecule has 228 valence electrons. The number of carboxylic acids is 1. The van der Waals surface area contributed by atoms with Crippen LogP contribution in [0, 0.1) is 30.5 Å². The zero-order chi connectivity index (χ0) is 30.9. The lowest BCUT2D eigenvalue weighted by Gasteiger charge is -2.47. The maximum atomic E-state index is 14.6. The summed E-state index contributed by atoms with van der Waals surface area (Å²) in [4.78, 5) is 26.4. The summed E-state index contributed by atoms with van der Waals surface area (Å²) in [5.41, 5.74) is 1.86. The Morgan fingerprint density at radius 3 is 2.41 bits per heavy atom. The number of aliphatic carboxylic acids is 1. The number of fused-ring (bicyclic) bond motifs is 5. The van der Waals surface area contributed by atoms with E-state index in [0.717, 1.165) is 46.8 Å². The second kappa shape index (κ2) is 10.4. The first-order chi connectivity index (χ1) is 21.0. The van der Waals surface area contributed by atoms with Gasteiger partial charge in [-0.25, -0.2) is 31.7 Å². The topological polar surface area (TPSA) is 132 Å². The molecule has 0 radical (unpaired) electrons. The first-order valence-electron chi connectivity index (χ1n) is 14.9. The van der Waals surface area contributed by atoms with E-state index >= 15 is 0 Å². The van der Waals surface area contributed by atoms with Gasteiger partial charge in [0.2, 0.25) is 0 Å². The Morgan fingerprint density at radius 2 is 1.73 bits per heavy atom. The molecule has 0 amide bonds. The monoisotopic (exact) mass is 616 g/mol. The highest BCUT2D eigenvalue weighted by Gasteiger charge is 2.47. The number of nitrogens with one attached hydrogen (secondary N) is 1. The third-order valence-corrected chi connectivity index (χ3v) is 11.0. The Balaban J connectivity index is 1.43. The number of rotatable bonds is 7. The first-order valence-corrected chi connectivity index (χ1v) is 16.3. The van der Waals surface area contributed by atoms with Crippen molar-refractivity contribution < 1.29 is 22.7 Å². The van der Waals surface area contributed by atoms with Crippen LogP contribution in [-0.4, -0.2) is 49.0 Å². The van der Waals surface area contributed by atoms with Gasteiger partial charge in [-0.3, -0.25) is 4.79 Å². The SMILES string of the molecule is Cc1ccc(S(=O)(=O)n2cc(-c3nc(NC4C5CCC(CC5)C4C(=O)O)c4ccn(C(C)C)c4n3)c3cc(F)cnc32)cc1. The summed E-state index contributed by atoms with van der Waals surface area (Å²) in [6.45, 7) is 5.91. The molecule has 0 saturated heterocycles. The molecule has 2 N–H and O–H groups in total. The van der Waals surface area contributed by atoms with Crippen molar-refractivity contribution in [3.63, 3.8) is 0 Å². The minimum absolute atomic E-state index is 0.0444. The number of carbonyl (C=O) groups is 1. The molecule has 3 saturated carbocycles. The summed E-state index contributed by atoms with van der Waals surface area (Å²) >= 11 is 0. The average Bonchev–Trinajstić information content (AvgIpc) is 3.60. The van der Waals surface area contributed by atoms with Gasteiger partial charge in [-0.1, -0.05) is 17.7 Å². The minimum Gasteiger partial charge on any atom is -0.481 e. The van der Waals surface area contributed by atoms with Crippen LogP contribution in [0.15, 0.2) is 59.9 Å². The molecule has 8 rings (SSSR count). The van der Waals surface area contributed by atoms with Crippen LogP contribution >= 0.6 is 0 Å². The molecule has 4 aromatic heterocycles. The fourth-order valence-corrected chi connectivity index (χ4v) is 8.41. The second-order valence-electron chi connectivity index (χ2n) is 12.3.